The maximum Gasteiger partial charge on any atom is 0.471 e. The van der Waals surface area contributed by atoms with Gasteiger partial charge in [-0.1, -0.05) is 34.5 Å². The van der Waals surface area contributed by atoms with E-state index < -0.39 is 58.4 Å². The number of hydrogen-bond acceptors (Lipinski definition) is 12. The lowest BCUT2D eigenvalue weighted by molar-refractivity contribution is -0.221. The van der Waals surface area contributed by atoms with Gasteiger partial charge in [-0.25, -0.2) is 8.42 Å². The van der Waals surface area contributed by atoms with Crippen LogP contribution in [0.3, 0.4) is 0 Å². The molecule has 0 saturated carbocycles. The second-order valence-electron chi connectivity index (χ2n) is 10.3. The van der Waals surface area contributed by atoms with Crippen molar-refractivity contribution in [3.05, 3.63) is 53.9 Å². The highest BCUT2D eigenvalue weighted by molar-refractivity contribution is 7.91. The summed E-state index contributed by atoms with van der Waals surface area (Å²) in [5, 5.41) is 11.1. The highest BCUT2D eigenvalue weighted by atomic mass is 32.2. The Balaban J connectivity index is 1.30. The van der Waals surface area contributed by atoms with E-state index in [0.717, 1.165) is 4.90 Å². The molecule has 2 N–H and O–H groups in total. The minimum Gasteiger partial charge on any atom is -0.403 e. The van der Waals surface area contributed by atoms with Crippen molar-refractivity contribution in [3.8, 4) is 22.8 Å². The van der Waals surface area contributed by atoms with Crippen LogP contribution < -0.4 is 15.5 Å². The zero-order chi connectivity index (χ0) is 33.0. The number of halogens is 6. The average Bonchev–Trinajstić information content (AvgIpc) is 3.69. The third-order valence-electron chi connectivity index (χ3n) is 7.15. The number of alkyl halides is 6. The summed E-state index contributed by atoms with van der Waals surface area (Å²) in [5.74, 6) is -3.43. The number of benzene rings is 2. The van der Waals surface area contributed by atoms with Gasteiger partial charge in [-0.05, 0) is 23.8 Å². The highest BCUT2D eigenvalue weighted by Gasteiger charge is 2.44. The van der Waals surface area contributed by atoms with Gasteiger partial charge >= 0.3 is 24.3 Å². The number of fused-ring (bicyclic) bond motifs is 1. The predicted molar refractivity (Wildman–Crippen MR) is 144 cm³/mol. The number of carbonyl (C=O) groups is 1. The van der Waals surface area contributed by atoms with Crippen LogP contribution in [0.25, 0.3) is 22.8 Å². The molecule has 13 nitrogen and oxygen atoms in total. The molecule has 0 aliphatic carbocycles. The number of nitrogens with two attached hydrogens (primary N) is 1. The normalized spacial score (nSPS) is 20.5. The summed E-state index contributed by atoms with van der Waals surface area (Å²) in [6, 6.07) is 7.98. The number of hydrogen-bond donors (Lipinski definition) is 1. The largest absolute Gasteiger partial charge is 0.471 e. The number of sulfone groups is 1. The summed E-state index contributed by atoms with van der Waals surface area (Å²) in [6.45, 7) is -0.977. The highest BCUT2D eigenvalue weighted by Crippen LogP contribution is 2.36. The number of rotatable bonds is 5. The van der Waals surface area contributed by atoms with Gasteiger partial charge in [0.2, 0.25) is 17.6 Å². The molecule has 4 heterocycles. The van der Waals surface area contributed by atoms with Crippen LogP contribution in [0.2, 0.25) is 0 Å². The Labute approximate surface area is 254 Å². The molecule has 1 amide bonds. The summed E-state index contributed by atoms with van der Waals surface area (Å²) in [6.07, 6.45) is -11.5. The summed E-state index contributed by atoms with van der Waals surface area (Å²) in [4.78, 5) is 18.8. The number of nitrogens with zero attached hydrogens (tertiary/aromatic N) is 6. The van der Waals surface area contributed by atoms with E-state index in [-0.39, 0.29) is 59.1 Å². The summed E-state index contributed by atoms with van der Waals surface area (Å²) in [7, 11) is -4.07. The molecule has 244 valence electrons. The Morgan fingerprint density at radius 3 is 2.39 bits per heavy atom. The topological polar surface area (TPSA) is 171 Å². The molecule has 2 aliphatic rings. The number of anilines is 2. The van der Waals surface area contributed by atoms with Crippen molar-refractivity contribution in [1.29, 1.82) is 0 Å². The van der Waals surface area contributed by atoms with E-state index >= 15 is 0 Å². The van der Waals surface area contributed by atoms with Gasteiger partial charge < -0.3 is 29.2 Å². The van der Waals surface area contributed by atoms with Gasteiger partial charge in [-0.15, -0.1) is 5.10 Å². The van der Waals surface area contributed by atoms with E-state index in [1.807, 2.05) is 0 Å². The lowest BCUT2D eigenvalue weighted by Crippen LogP contribution is -2.49. The number of amides is 1. The monoisotopic (exact) mass is 673 g/mol. The van der Waals surface area contributed by atoms with Crippen molar-refractivity contribution in [2.24, 2.45) is 5.73 Å². The lowest BCUT2D eigenvalue weighted by Gasteiger charge is -2.32. The van der Waals surface area contributed by atoms with Crippen molar-refractivity contribution in [2.45, 2.75) is 35.9 Å². The average molecular weight is 674 g/mol. The molecule has 2 aliphatic heterocycles. The first-order valence-electron chi connectivity index (χ1n) is 13.3. The molecule has 1 unspecified atom stereocenters. The zero-order valence-corrected chi connectivity index (χ0v) is 23.9. The predicted octanol–water partition coefficient (Wildman–Crippen LogP) is 3.22. The molecule has 1 saturated heterocycles. The molecule has 4 aromatic rings. The molecule has 2 aromatic carbocycles. The van der Waals surface area contributed by atoms with Crippen LogP contribution in [0.4, 0.5) is 38.0 Å². The van der Waals surface area contributed by atoms with Gasteiger partial charge in [-0.2, -0.15) is 31.3 Å². The van der Waals surface area contributed by atoms with Crippen molar-refractivity contribution in [2.75, 3.05) is 35.2 Å². The van der Waals surface area contributed by atoms with E-state index in [1.54, 1.807) is 0 Å². The Morgan fingerprint density at radius 2 is 1.72 bits per heavy atom. The third-order valence-corrected chi connectivity index (χ3v) is 8.96. The van der Waals surface area contributed by atoms with Crippen LogP contribution in [0.15, 0.2) is 56.3 Å². The standard InChI is InChI=1S/C26H21F6N7O6S/c27-25(28,29)19-11-38(7-8-43-19)24-36-35-21(44-24)15-5-6-18-17(9-15)39(22(40)16(33)12-46(18,41)42)10-13-1-3-14(4-2-13)20-34-23(45-37-20)26(30,31)32/h1-6,9,16,19H,7-8,10-12,33H2/t16-,19?/m0/s1. The molecule has 1 fully saturated rings. The fraction of sp³-hybridized carbons (Fsp3) is 0.346. The van der Waals surface area contributed by atoms with Crippen molar-refractivity contribution in [1.82, 2.24) is 20.3 Å². The Kier molecular flexibility index (Phi) is 7.75. The smallest absolute Gasteiger partial charge is 0.403 e. The molecule has 46 heavy (non-hydrogen) atoms. The second-order valence-corrected chi connectivity index (χ2v) is 12.4. The van der Waals surface area contributed by atoms with E-state index in [2.05, 4.69) is 24.9 Å². The second kappa shape index (κ2) is 11.4. The van der Waals surface area contributed by atoms with Crippen LogP contribution in [-0.2, 0) is 32.1 Å². The van der Waals surface area contributed by atoms with Gasteiger partial charge in [0.15, 0.2) is 15.9 Å². The Morgan fingerprint density at radius 1 is 1.00 bits per heavy atom. The fourth-order valence-electron chi connectivity index (χ4n) is 4.88. The maximum atomic E-state index is 13.4. The van der Waals surface area contributed by atoms with Gasteiger partial charge in [0.1, 0.15) is 0 Å². The molecule has 0 spiro atoms. The van der Waals surface area contributed by atoms with Gasteiger partial charge in [0, 0.05) is 17.7 Å². The molecule has 2 aromatic heterocycles. The molecular formula is C26H21F6N7O6S. The summed E-state index contributed by atoms with van der Waals surface area (Å²) >= 11 is 0. The van der Waals surface area contributed by atoms with Crippen LogP contribution >= 0.6 is 0 Å². The quantitative estimate of drug-likeness (QED) is 0.307. The van der Waals surface area contributed by atoms with Gasteiger partial charge in [0.25, 0.3) is 0 Å². The van der Waals surface area contributed by atoms with Crippen molar-refractivity contribution >= 4 is 27.4 Å². The maximum absolute atomic E-state index is 13.4. The number of carbonyl (C=O) groups excluding carboxylic acids is 1. The van der Waals surface area contributed by atoms with E-state index in [0.29, 0.717) is 5.56 Å². The van der Waals surface area contributed by atoms with Crippen molar-refractivity contribution in [3.63, 3.8) is 0 Å². The van der Waals surface area contributed by atoms with E-state index in [1.165, 1.54) is 47.4 Å². The summed E-state index contributed by atoms with van der Waals surface area (Å²) in [5.41, 5.74) is 6.67. The Hall–Kier alpha value is -4.56. The number of aromatic nitrogens is 4. The van der Waals surface area contributed by atoms with E-state index in [9.17, 15) is 39.6 Å². The fourth-order valence-corrected chi connectivity index (χ4v) is 6.44. The van der Waals surface area contributed by atoms with Crippen LogP contribution in [0, 0.1) is 0 Å². The lowest BCUT2D eigenvalue weighted by atomic mass is 10.1. The molecule has 20 heteroatoms. The van der Waals surface area contributed by atoms with Gasteiger partial charge in [-0.3, -0.25) is 4.79 Å². The number of morpholine rings is 1. The van der Waals surface area contributed by atoms with Crippen LogP contribution in [0.1, 0.15) is 11.5 Å². The minimum atomic E-state index is -4.83. The molecule has 2 atom stereocenters. The van der Waals surface area contributed by atoms with Crippen LogP contribution in [-0.4, -0.2) is 78.4 Å². The molecular weight excluding hydrogens is 652 g/mol. The van der Waals surface area contributed by atoms with Gasteiger partial charge in [0.05, 0.1) is 42.1 Å². The van der Waals surface area contributed by atoms with Crippen LogP contribution in [0.5, 0.6) is 0 Å². The number of ether oxygens (including phenoxy) is 1. The van der Waals surface area contributed by atoms with Crippen molar-refractivity contribution < 1.29 is 53.2 Å². The first-order chi connectivity index (χ1) is 21.6. The third kappa shape index (κ3) is 6.14. The minimum absolute atomic E-state index is 0.0474. The molecule has 0 bridgehead atoms. The first-order valence-corrected chi connectivity index (χ1v) is 15.0. The van der Waals surface area contributed by atoms with E-state index in [4.69, 9.17) is 14.9 Å². The molecule has 6 rings (SSSR count). The SMILES string of the molecule is N[C@H]1CS(=O)(=O)c2ccc(-c3nnc(N4CCOC(C(F)(F)F)C4)o3)cc2N(Cc2ccc(-c3noc(C(F)(F)F)n3)cc2)C1=O. The Bertz CT molecular complexity index is 1880. The summed E-state index contributed by atoms with van der Waals surface area (Å²) < 4.78 is 119. The molecule has 0 radical (unpaired) electrons. The first kappa shape index (κ1) is 31.4. The zero-order valence-electron chi connectivity index (χ0n) is 23.1.